The number of rotatable bonds is 3. The van der Waals surface area contributed by atoms with E-state index in [1.165, 1.54) is 22.3 Å². The van der Waals surface area contributed by atoms with Crippen LogP contribution in [0.3, 0.4) is 0 Å². The van der Waals surface area contributed by atoms with Gasteiger partial charge in [-0.3, -0.25) is 0 Å². The Balaban J connectivity index is 1.77. The van der Waals surface area contributed by atoms with E-state index in [4.69, 9.17) is 0 Å². The summed E-state index contributed by atoms with van der Waals surface area (Å²) in [6.45, 7) is 8.47. The van der Waals surface area contributed by atoms with Crippen molar-refractivity contribution in [2.75, 3.05) is 0 Å². The lowest BCUT2D eigenvalue weighted by molar-refractivity contribution is 1.27. The minimum Gasteiger partial charge on any atom is -0.360 e. The molecular formula is C20H22N4. The maximum Gasteiger partial charge on any atom is 0.0657 e. The van der Waals surface area contributed by atoms with Crippen LogP contribution in [0.4, 0.5) is 0 Å². The van der Waals surface area contributed by atoms with E-state index in [1.807, 2.05) is 12.4 Å². The summed E-state index contributed by atoms with van der Waals surface area (Å²) in [5.74, 6) is 0. The lowest BCUT2D eigenvalue weighted by atomic mass is 10.1. The first-order valence-corrected chi connectivity index (χ1v) is 8.21. The van der Waals surface area contributed by atoms with Crippen LogP contribution in [0.25, 0.3) is 34.2 Å². The molecule has 4 aromatic heterocycles. The molecule has 0 atom stereocenters. The zero-order valence-electron chi connectivity index (χ0n) is 14.5. The molecule has 122 valence electrons. The Bertz CT molecular complexity index is 924. The maximum atomic E-state index is 3.57. The molecule has 24 heavy (non-hydrogen) atoms. The van der Waals surface area contributed by atoms with E-state index in [-0.39, 0.29) is 0 Å². The van der Waals surface area contributed by atoms with E-state index < -0.39 is 0 Å². The predicted molar refractivity (Wildman–Crippen MR) is 99.1 cm³/mol. The number of hydrogen-bond acceptors (Lipinski definition) is 0. The number of H-pyrrole nitrogens is 4. The van der Waals surface area contributed by atoms with E-state index in [0.29, 0.717) is 0 Å². The molecule has 0 saturated heterocycles. The summed E-state index contributed by atoms with van der Waals surface area (Å²) in [6, 6.07) is 8.70. The van der Waals surface area contributed by atoms with Gasteiger partial charge in [-0.15, -0.1) is 0 Å². The molecule has 0 bridgehead atoms. The Morgan fingerprint density at radius 2 is 0.958 bits per heavy atom. The fourth-order valence-electron chi connectivity index (χ4n) is 3.24. The van der Waals surface area contributed by atoms with Crippen molar-refractivity contribution in [1.82, 2.24) is 19.9 Å². The molecule has 4 heteroatoms. The lowest BCUT2D eigenvalue weighted by Crippen LogP contribution is -1.85. The molecule has 0 saturated carbocycles. The monoisotopic (exact) mass is 318 g/mol. The third-order valence-electron chi connectivity index (χ3n) is 4.51. The lowest BCUT2D eigenvalue weighted by Gasteiger charge is -2.00. The summed E-state index contributed by atoms with van der Waals surface area (Å²) in [7, 11) is 0. The van der Waals surface area contributed by atoms with Gasteiger partial charge >= 0.3 is 0 Å². The topological polar surface area (TPSA) is 63.2 Å². The molecule has 0 aliphatic carbocycles. The first-order valence-electron chi connectivity index (χ1n) is 8.21. The minimum atomic E-state index is 1.11. The van der Waals surface area contributed by atoms with Crippen LogP contribution in [-0.2, 0) is 0 Å². The Kier molecular flexibility index (Phi) is 3.27. The van der Waals surface area contributed by atoms with Crippen molar-refractivity contribution in [2.24, 2.45) is 0 Å². The Morgan fingerprint density at radius 3 is 1.29 bits per heavy atom. The van der Waals surface area contributed by atoms with E-state index in [2.05, 4.69) is 71.9 Å². The van der Waals surface area contributed by atoms with Gasteiger partial charge in [-0.2, -0.15) is 0 Å². The number of aryl methyl sites for hydroxylation is 4. The summed E-state index contributed by atoms with van der Waals surface area (Å²) in [6.07, 6.45) is 4.05. The first-order chi connectivity index (χ1) is 11.5. The van der Waals surface area contributed by atoms with Gasteiger partial charge in [-0.25, -0.2) is 0 Å². The van der Waals surface area contributed by atoms with Gasteiger partial charge in [0.05, 0.1) is 34.2 Å². The second-order valence-corrected chi connectivity index (χ2v) is 6.66. The standard InChI is InChI=1S/C20H22N4/c1-11-5-15(21-9-11)17-7-13(3)19(23-17)20-14(4)8-18(24-20)16-6-12(2)10-22-16/h5-10,21-24H,1-4H3. The molecule has 0 amide bonds. The van der Waals surface area contributed by atoms with E-state index in [1.54, 1.807) is 0 Å². The molecule has 0 unspecified atom stereocenters. The second-order valence-electron chi connectivity index (χ2n) is 6.66. The fourth-order valence-corrected chi connectivity index (χ4v) is 3.24. The zero-order chi connectivity index (χ0) is 16.8. The van der Waals surface area contributed by atoms with Crippen LogP contribution in [0.2, 0.25) is 0 Å². The van der Waals surface area contributed by atoms with Gasteiger partial charge in [0.2, 0.25) is 0 Å². The van der Waals surface area contributed by atoms with Crippen LogP contribution >= 0.6 is 0 Å². The largest absolute Gasteiger partial charge is 0.360 e. The Morgan fingerprint density at radius 1 is 0.542 bits per heavy atom. The highest BCUT2D eigenvalue weighted by atomic mass is 14.9. The molecule has 0 aliphatic rings. The molecule has 4 N–H and O–H groups in total. The fraction of sp³-hybridized carbons (Fsp3) is 0.200. The van der Waals surface area contributed by atoms with E-state index in [0.717, 1.165) is 34.2 Å². The summed E-state index contributed by atoms with van der Waals surface area (Å²) in [5, 5.41) is 0. The molecule has 4 aromatic rings. The van der Waals surface area contributed by atoms with Gasteiger partial charge in [-0.05, 0) is 74.2 Å². The summed E-state index contributed by atoms with van der Waals surface area (Å²) < 4.78 is 0. The number of hydrogen-bond donors (Lipinski definition) is 4. The summed E-state index contributed by atoms with van der Waals surface area (Å²) in [4.78, 5) is 13.8. The number of aromatic amines is 4. The van der Waals surface area contributed by atoms with Crippen LogP contribution in [0.15, 0.2) is 36.7 Å². The van der Waals surface area contributed by atoms with Gasteiger partial charge < -0.3 is 19.9 Å². The molecule has 4 rings (SSSR count). The molecule has 4 heterocycles. The van der Waals surface area contributed by atoms with Crippen molar-refractivity contribution in [2.45, 2.75) is 27.7 Å². The van der Waals surface area contributed by atoms with Crippen LogP contribution < -0.4 is 0 Å². The van der Waals surface area contributed by atoms with Crippen LogP contribution in [0, 0.1) is 27.7 Å². The minimum absolute atomic E-state index is 1.11. The van der Waals surface area contributed by atoms with Crippen molar-refractivity contribution in [3.63, 3.8) is 0 Å². The number of nitrogens with one attached hydrogen (secondary N) is 4. The summed E-state index contributed by atoms with van der Waals surface area (Å²) >= 11 is 0. The Labute approximate surface area is 141 Å². The van der Waals surface area contributed by atoms with Crippen molar-refractivity contribution in [3.05, 3.63) is 58.9 Å². The normalized spacial score (nSPS) is 11.3. The zero-order valence-corrected chi connectivity index (χ0v) is 14.5. The van der Waals surface area contributed by atoms with E-state index >= 15 is 0 Å². The molecule has 4 nitrogen and oxygen atoms in total. The van der Waals surface area contributed by atoms with Gasteiger partial charge in [0.1, 0.15) is 0 Å². The van der Waals surface area contributed by atoms with Gasteiger partial charge in [0.15, 0.2) is 0 Å². The molecule has 0 aromatic carbocycles. The smallest absolute Gasteiger partial charge is 0.0657 e. The maximum absolute atomic E-state index is 3.57. The molecular weight excluding hydrogens is 296 g/mol. The van der Waals surface area contributed by atoms with Gasteiger partial charge in [0.25, 0.3) is 0 Å². The van der Waals surface area contributed by atoms with Crippen LogP contribution in [-0.4, -0.2) is 19.9 Å². The van der Waals surface area contributed by atoms with Crippen molar-refractivity contribution >= 4 is 0 Å². The highest BCUT2D eigenvalue weighted by Gasteiger charge is 2.15. The quantitative estimate of drug-likeness (QED) is 0.399. The third kappa shape index (κ3) is 2.40. The SMILES string of the molecule is Cc1c[nH]c(-c2cc(C)c(-c3[nH]c(-c4cc(C)c[nH]4)cc3C)[nH]2)c1. The molecule has 0 aliphatic heterocycles. The van der Waals surface area contributed by atoms with Gasteiger partial charge in [-0.1, -0.05) is 0 Å². The summed E-state index contributed by atoms with van der Waals surface area (Å²) in [5.41, 5.74) is 11.7. The average molecular weight is 318 g/mol. The van der Waals surface area contributed by atoms with Crippen molar-refractivity contribution < 1.29 is 0 Å². The third-order valence-corrected chi connectivity index (χ3v) is 4.51. The predicted octanol–water partition coefficient (Wildman–Crippen LogP) is 5.23. The average Bonchev–Trinajstić information content (AvgIpc) is 3.27. The number of aromatic nitrogens is 4. The second kappa shape index (κ2) is 5.34. The highest BCUT2D eigenvalue weighted by molar-refractivity contribution is 5.74. The molecule has 0 fully saturated rings. The first kappa shape index (κ1) is 14.7. The Hall–Kier alpha value is -2.88. The van der Waals surface area contributed by atoms with Gasteiger partial charge in [0, 0.05) is 12.4 Å². The molecule has 0 spiro atoms. The molecule has 0 radical (unpaired) electrons. The van der Waals surface area contributed by atoms with Crippen LogP contribution in [0.1, 0.15) is 22.3 Å². The van der Waals surface area contributed by atoms with Crippen LogP contribution in [0.5, 0.6) is 0 Å². The van der Waals surface area contributed by atoms with E-state index in [9.17, 15) is 0 Å². The van der Waals surface area contributed by atoms with Crippen molar-refractivity contribution in [3.8, 4) is 34.2 Å². The van der Waals surface area contributed by atoms with Crippen molar-refractivity contribution in [1.29, 1.82) is 0 Å². The highest BCUT2D eigenvalue weighted by Crippen LogP contribution is 2.32.